The van der Waals surface area contributed by atoms with Gasteiger partial charge >= 0.3 is 0 Å². The van der Waals surface area contributed by atoms with Gasteiger partial charge in [0.05, 0.1) is 11.7 Å². The summed E-state index contributed by atoms with van der Waals surface area (Å²) >= 11 is 6.78. The summed E-state index contributed by atoms with van der Waals surface area (Å²) in [4.78, 5) is 0. The highest BCUT2D eigenvalue weighted by atomic mass is 35.5. The number of aromatic nitrogens is 2. The molecule has 0 bridgehead atoms. The van der Waals surface area contributed by atoms with E-state index >= 15 is 0 Å². The average Bonchev–Trinajstić information content (AvgIpc) is 2.46. The number of halogens is 1. The lowest BCUT2D eigenvalue weighted by Gasteiger charge is -1.98. The fourth-order valence-corrected chi connectivity index (χ4v) is 1.36. The summed E-state index contributed by atoms with van der Waals surface area (Å²) in [5, 5.41) is 3.47. The molecule has 0 amide bonds. The molecule has 1 N–H and O–H groups in total. The van der Waals surface area contributed by atoms with E-state index < -0.39 is 0 Å². The van der Waals surface area contributed by atoms with Crippen LogP contribution < -0.4 is 5.32 Å². The number of nitrogens with zero attached hydrogens (tertiary/aromatic N) is 2. The molecule has 5 heteroatoms. The second-order valence-electron chi connectivity index (χ2n) is 2.14. The molecule has 1 heterocycles. The molecule has 0 aliphatic rings. The minimum atomic E-state index is 0.431. The SMILES string of the molecule is C#CCCCNc1nsnc1Cl. The molecule has 0 aliphatic heterocycles. The third-order valence-electron chi connectivity index (χ3n) is 1.24. The topological polar surface area (TPSA) is 37.8 Å². The van der Waals surface area contributed by atoms with Crippen LogP contribution in [0.4, 0.5) is 5.82 Å². The number of rotatable bonds is 4. The molecule has 0 saturated carbocycles. The number of hydrogen-bond donors (Lipinski definition) is 1. The zero-order valence-electron chi connectivity index (χ0n) is 6.38. The van der Waals surface area contributed by atoms with Crippen molar-refractivity contribution in [3.05, 3.63) is 5.15 Å². The Hall–Kier alpha value is -0.790. The Labute approximate surface area is 80.5 Å². The van der Waals surface area contributed by atoms with Gasteiger partial charge in [-0.05, 0) is 6.42 Å². The molecule has 0 atom stereocenters. The second kappa shape index (κ2) is 4.96. The lowest BCUT2D eigenvalue weighted by atomic mass is 10.3. The molecule has 0 unspecified atom stereocenters. The van der Waals surface area contributed by atoms with Crippen molar-refractivity contribution in [2.24, 2.45) is 0 Å². The third-order valence-corrected chi connectivity index (χ3v) is 2.13. The van der Waals surface area contributed by atoms with Crippen LogP contribution in [0.25, 0.3) is 0 Å². The number of nitrogens with one attached hydrogen (secondary N) is 1. The van der Waals surface area contributed by atoms with E-state index in [0.717, 1.165) is 31.1 Å². The van der Waals surface area contributed by atoms with Crippen LogP contribution in [-0.4, -0.2) is 15.3 Å². The minimum absolute atomic E-state index is 0.431. The Balaban J connectivity index is 2.25. The summed E-state index contributed by atoms with van der Waals surface area (Å²) in [6.07, 6.45) is 6.78. The third kappa shape index (κ3) is 2.68. The monoisotopic (exact) mass is 201 g/mol. The van der Waals surface area contributed by atoms with Gasteiger partial charge in [-0.25, -0.2) is 0 Å². The maximum atomic E-state index is 5.69. The van der Waals surface area contributed by atoms with E-state index in [2.05, 4.69) is 20.0 Å². The van der Waals surface area contributed by atoms with Crippen molar-refractivity contribution in [3.63, 3.8) is 0 Å². The van der Waals surface area contributed by atoms with Gasteiger partial charge in [-0.1, -0.05) is 11.6 Å². The molecule has 0 aliphatic carbocycles. The summed E-state index contributed by atoms with van der Waals surface area (Å²) in [6, 6.07) is 0. The van der Waals surface area contributed by atoms with Crippen LogP contribution in [0.5, 0.6) is 0 Å². The normalized spacial score (nSPS) is 9.33. The van der Waals surface area contributed by atoms with E-state index in [9.17, 15) is 0 Å². The van der Waals surface area contributed by atoms with Crippen LogP contribution in [-0.2, 0) is 0 Å². The van der Waals surface area contributed by atoms with Gasteiger partial charge in [-0.2, -0.15) is 8.75 Å². The summed E-state index contributed by atoms with van der Waals surface area (Å²) in [5.74, 6) is 3.21. The molecule has 1 aromatic heterocycles. The zero-order chi connectivity index (χ0) is 8.81. The van der Waals surface area contributed by atoms with Crippen molar-refractivity contribution in [2.45, 2.75) is 12.8 Å². The van der Waals surface area contributed by atoms with Crippen molar-refractivity contribution in [1.29, 1.82) is 0 Å². The Kier molecular flexibility index (Phi) is 3.85. The van der Waals surface area contributed by atoms with Gasteiger partial charge < -0.3 is 5.32 Å². The van der Waals surface area contributed by atoms with Crippen LogP contribution in [0.3, 0.4) is 0 Å². The van der Waals surface area contributed by atoms with Crippen LogP contribution in [0.15, 0.2) is 0 Å². The Morgan fingerprint density at radius 1 is 1.58 bits per heavy atom. The minimum Gasteiger partial charge on any atom is -0.367 e. The summed E-state index contributed by atoms with van der Waals surface area (Å²) < 4.78 is 7.76. The second-order valence-corrected chi connectivity index (χ2v) is 3.02. The maximum absolute atomic E-state index is 5.69. The molecule has 64 valence electrons. The van der Waals surface area contributed by atoms with Gasteiger partial charge in [-0.3, -0.25) is 0 Å². The van der Waals surface area contributed by atoms with Gasteiger partial charge in [0.15, 0.2) is 11.0 Å². The lowest BCUT2D eigenvalue weighted by Crippen LogP contribution is -2.01. The van der Waals surface area contributed by atoms with E-state index in [1.165, 1.54) is 0 Å². The Morgan fingerprint density at radius 3 is 3.00 bits per heavy atom. The van der Waals surface area contributed by atoms with Crippen molar-refractivity contribution in [2.75, 3.05) is 11.9 Å². The van der Waals surface area contributed by atoms with Gasteiger partial charge in [0.25, 0.3) is 0 Å². The highest BCUT2D eigenvalue weighted by molar-refractivity contribution is 6.99. The molecular weight excluding hydrogens is 194 g/mol. The van der Waals surface area contributed by atoms with Crippen LogP contribution in [0, 0.1) is 12.3 Å². The molecule has 0 aromatic carbocycles. The molecule has 1 rings (SSSR count). The number of hydrogen-bond acceptors (Lipinski definition) is 4. The molecule has 3 nitrogen and oxygen atoms in total. The standard InChI is InChI=1S/C7H8ClN3S/c1-2-3-4-5-9-7-6(8)10-12-11-7/h1H,3-5H2,(H,9,11). The zero-order valence-corrected chi connectivity index (χ0v) is 7.95. The number of terminal acetylenes is 1. The van der Waals surface area contributed by atoms with E-state index in [-0.39, 0.29) is 0 Å². The molecule has 0 spiro atoms. The fraction of sp³-hybridized carbons (Fsp3) is 0.429. The molecule has 0 radical (unpaired) electrons. The van der Waals surface area contributed by atoms with Crippen LogP contribution >= 0.6 is 23.3 Å². The number of unbranched alkanes of at least 4 members (excludes halogenated alkanes) is 1. The van der Waals surface area contributed by atoms with Crippen molar-refractivity contribution < 1.29 is 0 Å². The molecule has 12 heavy (non-hydrogen) atoms. The van der Waals surface area contributed by atoms with Crippen molar-refractivity contribution >= 4 is 29.1 Å². The van der Waals surface area contributed by atoms with Gasteiger partial charge in [0.2, 0.25) is 0 Å². The largest absolute Gasteiger partial charge is 0.367 e. The first-order valence-electron chi connectivity index (χ1n) is 3.50. The molecular formula is C7H8ClN3S. The van der Waals surface area contributed by atoms with Crippen molar-refractivity contribution in [1.82, 2.24) is 8.75 Å². The van der Waals surface area contributed by atoms with Crippen LogP contribution in [0.1, 0.15) is 12.8 Å². The van der Waals surface area contributed by atoms with Gasteiger partial charge in [0.1, 0.15) is 0 Å². The first kappa shape index (κ1) is 9.30. The van der Waals surface area contributed by atoms with E-state index in [4.69, 9.17) is 18.0 Å². The molecule has 0 saturated heterocycles. The van der Waals surface area contributed by atoms with E-state index in [1.54, 1.807) is 0 Å². The van der Waals surface area contributed by atoms with E-state index in [1.807, 2.05) is 0 Å². The average molecular weight is 202 g/mol. The molecule has 0 fully saturated rings. The summed E-state index contributed by atoms with van der Waals surface area (Å²) in [5.41, 5.74) is 0. The predicted octanol–water partition coefficient (Wildman–Crippen LogP) is 2.02. The smallest absolute Gasteiger partial charge is 0.186 e. The quantitative estimate of drug-likeness (QED) is 0.598. The van der Waals surface area contributed by atoms with Gasteiger partial charge in [0, 0.05) is 13.0 Å². The highest BCUT2D eigenvalue weighted by Crippen LogP contribution is 2.17. The Morgan fingerprint density at radius 2 is 2.42 bits per heavy atom. The first-order chi connectivity index (χ1) is 5.84. The van der Waals surface area contributed by atoms with Gasteiger partial charge in [-0.15, -0.1) is 12.3 Å². The summed E-state index contributed by atoms with van der Waals surface area (Å²) in [6.45, 7) is 0.787. The van der Waals surface area contributed by atoms with Crippen LogP contribution in [0.2, 0.25) is 5.15 Å². The number of anilines is 1. The molecule has 1 aromatic rings. The Bertz CT molecular complexity index is 278. The lowest BCUT2D eigenvalue weighted by molar-refractivity contribution is 0.904. The summed E-state index contributed by atoms with van der Waals surface area (Å²) in [7, 11) is 0. The maximum Gasteiger partial charge on any atom is 0.186 e. The first-order valence-corrected chi connectivity index (χ1v) is 4.61. The fourth-order valence-electron chi connectivity index (χ4n) is 0.680. The van der Waals surface area contributed by atoms with Crippen molar-refractivity contribution in [3.8, 4) is 12.3 Å². The van der Waals surface area contributed by atoms with E-state index in [0.29, 0.717) is 11.0 Å². The predicted molar refractivity (Wildman–Crippen MR) is 51.5 cm³/mol. The highest BCUT2D eigenvalue weighted by Gasteiger charge is 2.02.